The molecule has 2 aromatic heterocycles. The van der Waals surface area contributed by atoms with Crippen molar-refractivity contribution in [1.29, 1.82) is 0 Å². The number of pyridine rings is 1. The molecule has 1 amide bonds. The molecule has 0 aliphatic rings. The number of rotatable bonds is 8. The van der Waals surface area contributed by atoms with Crippen molar-refractivity contribution < 1.29 is 9.53 Å². The first-order valence-corrected chi connectivity index (χ1v) is 10.9. The first kappa shape index (κ1) is 21.6. The minimum absolute atomic E-state index is 0.0342. The van der Waals surface area contributed by atoms with Crippen LogP contribution in [0.1, 0.15) is 31.2 Å². The number of fused-ring (bicyclic) bond motifs is 3. The van der Waals surface area contributed by atoms with Crippen LogP contribution >= 0.6 is 0 Å². The van der Waals surface area contributed by atoms with Gasteiger partial charge in [0.1, 0.15) is 17.1 Å². The van der Waals surface area contributed by atoms with Crippen molar-refractivity contribution in [2.45, 2.75) is 32.7 Å². The highest BCUT2D eigenvalue weighted by molar-refractivity contribution is 6.07. The maximum Gasteiger partial charge on any atom is 0.260 e. The highest BCUT2D eigenvalue weighted by atomic mass is 16.5. The zero-order valence-electron chi connectivity index (χ0n) is 18.8. The van der Waals surface area contributed by atoms with E-state index in [9.17, 15) is 4.79 Å². The number of anilines is 1. The van der Waals surface area contributed by atoms with Crippen LogP contribution in [0.4, 0.5) is 5.82 Å². The summed E-state index contributed by atoms with van der Waals surface area (Å²) >= 11 is 0. The molecular weight excluding hydrogens is 402 g/mol. The van der Waals surface area contributed by atoms with Gasteiger partial charge in [0, 0.05) is 32.4 Å². The van der Waals surface area contributed by atoms with Gasteiger partial charge in [-0.25, -0.2) is 9.97 Å². The van der Waals surface area contributed by atoms with Gasteiger partial charge in [0.25, 0.3) is 5.91 Å². The lowest BCUT2D eigenvalue weighted by Crippen LogP contribution is -2.30. The Labute approximate surface area is 187 Å². The number of carbonyl (C=O) groups excluding carboxylic acids is 1. The normalized spacial score (nSPS) is 11.2. The van der Waals surface area contributed by atoms with Gasteiger partial charge in [0.2, 0.25) is 0 Å². The Hall–Kier alpha value is -3.61. The van der Waals surface area contributed by atoms with Gasteiger partial charge in [-0.2, -0.15) is 0 Å². The Balaban J connectivity index is 1.56. The van der Waals surface area contributed by atoms with Gasteiger partial charge in [0.05, 0.1) is 11.0 Å². The van der Waals surface area contributed by atoms with E-state index in [0.29, 0.717) is 23.6 Å². The van der Waals surface area contributed by atoms with Crippen LogP contribution in [-0.4, -0.2) is 39.0 Å². The van der Waals surface area contributed by atoms with E-state index in [-0.39, 0.29) is 12.5 Å². The molecule has 4 aromatic rings. The van der Waals surface area contributed by atoms with Gasteiger partial charge >= 0.3 is 0 Å². The van der Waals surface area contributed by atoms with Gasteiger partial charge in [-0.05, 0) is 30.2 Å². The Bertz CT molecular complexity index is 1250. The fourth-order valence-electron chi connectivity index (χ4n) is 3.87. The summed E-state index contributed by atoms with van der Waals surface area (Å²) < 4.78 is 7.94. The van der Waals surface area contributed by atoms with Crippen molar-refractivity contribution in [2.75, 3.05) is 19.4 Å². The summed E-state index contributed by atoms with van der Waals surface area (Å²) in [6.07, 6.45) is 3.05. The Kier molecular flexibility index (Phi) is 6.25. The molecule has 0 aliphatic heterocycles. The van der Waals surface area contributed by atoms with Crippen LogP contribution in [0.5, 0.6) is 5.75 Å². The van der Waals surface area contributed by atoms with Crippen LogP contribution in [0.2, 0.25) is 0 Å². The number of ether oxygens (including phenoxy) is 1. The summed E-state index contributed by atoms with van der Waals surface area (Å²) in [5, 5.41) is 0.912. The number of benzene rings is 2. The number of hydrogen-bond acceptors (Lipinski definition) is 5. The van der Waals surface area contributed by atoms with Crippen LogP contribution < -0.4 is 10.5 Å². The second-order valence-corrected chi connectivity index (χ2v) is 8.09. The fraction of sp³-hybridized carbons (Fsp3) is 0.320. The Morgan fingerprint density at radius 2 is 1.94 bits per heavy atom. The van der Waals surface area contributed by atoms with Crippen LogP contribution in [0, 0.1) is 0 Å². The van der Waals surface area contributed by atoms with E-state index in [1.165, 1.54) is 0 Å². The van der Waals surface area contributed by atoms with Gasteiger partial charge in [-0.1, -0.05) is 43.7 Å². The predicted octanol–water partition coefficient (Wildman–Crippen LogP) is 4.08. The molecule has 0 aliphatic carbocycles. The molecule has 166 valence electrons. The van der Waals surface area contributed by atoms with E-state index in [2.05, 4.69) is 16.5 Å². The van der Waals surface area contributed by atoms with Crippen LogP contribution in [0.25, 0.3) is 21.9 Å². The van der Waals surface area contributed by atoms with Gasteiger partial charge < -0.3 is 19.9 Å². The molecule has 0 saturated heterocycles. The van der Waals surface area contributed by atoms with Crippen molar-refractivity contribution >= 4 is 33.7 Å². The monoisotopic (exact) mass is 431 g/mol. The van der Waals surface area contributed by atoms with Gasteiger partial charge in [0.15, 0.2) is 12.4 Å². The molecule has 2 N–H and O–H groups in total. The van der Waals surface area contributed by atoms with E-state index in [1.54, 1.807) is 11.9 Å². The third-order valence-corrected chi connectivity index (χ3v) is 5.70. The summed E-state index contributed by atoms with van der Waals surface area (Å²) in [6, 6.07) is 15.5. The molecule has 0 fully saturated rings. The number of unbranched alkanes of at least 4 members (excludes halogenated alkanes) is 1. The zero-order valence-corrected chi connectivity index (χ0v) is 18.8. The molecule has 7 heteroatoms. The number of likely N-dealkylation sites (N-methyl/N-ethyl adjacent to an activating group) is 1. The third-order valence-electron chi connectivity index (χ3n) is 5.70. The molecule has 7 nitrogen and oxygen atoms in total. The number of amides is 1. The number of imidazole rings is 1. The molecule has 2 aromatic carbocycles. The highest BCUT2D eigenvalue weighted by Crippen LogP contribution is 2.31. The molecule has 32 heavy (non-hydrogen) atoms. The minimum Gasteiger partial charge on any atom is -0.484 e. The summed E-state index contributed by atoms with van der Waals surface area (Å²) in [7, 11) is 3.79. The van der Waals surface area contributed by atoms with E-state index in [0.717, 1.165) is 47.1 Å². The molecule has 0 saturated carbocycles. The summed E-state index contributed by atoms with van der Waals surface area (Å²) in [5.41, 5.74) is 9.71. The van der Waals surface area contributed by atoms with E-state index >= 15 is 0 Å². The molecule has 0 spiro atoms. The van der Waals surface area contributed by atoms with Crippen molar-refractivity contribution in [3.05, 3.63) is 59.9 Å². The number of nitrogen functional groups attached to an aromatic ring is 1. The average Bonchev–Trinajstić information content (AvgIpc) is 3.14. The van der Waals surface area contributed by atoms with Crippen LogP contribution in [0.3, 0.4) is 0 Å². The van der Waals surface area contributed by atoms with Crippen molar-refractivity contribution in [1.82, 2.24) is 19.4 Å². The van der Waals surface area contributed by atoms with Crippen LogP contribution in [0.15, 0.2) is 48.5 Å². The number of nitrogens with two attached hydrogens (primary N) is 1. The van der Waals surface area contributed by atoms with Gasteiger partial charge in [-0.15, -0.1) is 0 Å². The number of hydrogen-bond donors (Lipinski definition) is 1. The number of carbonyl (C=O) groups is 1. The largest absolute Gasteiger partial charge is 0.484 e. The lowest BCUT2D eigenvalue weighted by molar-refractivity contribution is -0.132. The quantitative estimate of drug-likeness (QED) is 0.454. The smallest absolute Gasteiger partial charge is 0.260 e. The number of aromatic nitrogens is 3. The third kappa shape index (κ3) is 4.37. The molecule has 4 rings (SSSR count). The van der Waals surface area contributed by atoms with E-state index in [1.807, 2.05) is 55.6 Å². The number of nitrogens with zero attached hydrogens (tertiary/aromatic N) is 4. The van der Waals surface area contributed by atoms with Crippen molar-refractivity contribution in [3.63, 3.8) is 0 Å². The molecule has 2 heterocycles. The predicted molar refractivity (Wildman–Crippen MR) is 127 cm³/mol. The van der Waals surface area contributed by atoms with E-state index in [4.69, 9.17) is 15.5 Å². The van der Waals surface area contributed by atoms with Gasteiger partial charge in [-0.3, -0.25) is 4.79 Å². The maximum absolute atomic E-state index is 12.6. The number of aryl methyl sites for hydroxylation is 2. The standard InChI is InChI=1S/C25H29N5O2/c1-4-5-11-21-28-23-24(30(21)3)19-14-18(12-13-20(19)27-25(23)26)32-16-22(31)29(2)15-17-9-7-6-8-10-17/h6-10,12-14H,4-5,11,15-16H2,1-3H3,(H2,26,27). The zero-order chi connectivity index (χ0) is 22.7. The fourth-order valence-corrected chi connectivity index (χ4v) is 3.87. The molecule has 0 unspecified atom stereocenters. The molecule has 0 bridgehead atoms. The summed E-state index contributed by atoms with van der Waals surface area (Å²) in [4.78, 5) is 23.5. The van der Waals surface area contributed by atoms with Crippen LogP contribution in [-0.2, 0) is 24.8 Å². The molecule has 0 atom stereocenters. The highest BCUT2D eigenvalue weighted by Gasteiger charge is 2.16. The lowest BCUT2D eigenvalue weighted by Gasteiger charge is -2.17. The first-order chi connectivity index (χ1) is 15.5. The van der Waals surface area contributed by atoms with E-state index < -0.39 is 0 Å². The Morgan fingerprint density at radius 3 is 2.69 bits per heavy atom. The Morgan fingerprint density at radius 1 is 1.16 bits per heavy atom. The topological polar surface area (TPSA) is 86.3 Å². The summed E-state index contributed by atoms with van der Waals surface area (Å²) in [6.45, 7) is 2.67. The first-order valence-electron chi connectivity index (χ1n) is 10.9. The molecular formula is C25H29N5O2. The summed E-state index contributed by atoms with van der Waals surface area (Å²) in [5.74, 6) is 1.95. The maximum atomic E-state index is 12.6. The SMILES string of the molecule is CCCCc1nc2c(N)nc3ccc(OCC(=O)N(C)Cc4ccccc4)cc3c2n1C. The van der Waals surface area contributed by atoms with Crippen molar-refractivity contribution in [3.8, 4) is 5.75 Å². The average molecular weight is 432 g/mol. The second kappa shape index (κ2) is 9.26. The lowest BCUT2D eigenvalue weighted by atomic mass is 10.1. The minimum atomic E-state index is -0.0862. The second-order valence-electron chi connectivity index (χ2n) is 8.09. The molecule has 0 radical (unpaired) electrons. The van der Waals surface area contributed by atoms with Crippen molar-refractivity contribution in [2.24, 2.45) is 7.05 Å².